The fraction of sp³-hybridized carbons (Fsp3) is 0.235. The van der Waals surface area contributed by atoms with Gasteiger partial charge in [-0.1, -0.05) is 23.7 Å². The van der Waals surface area contributed by atoms with E-state index in [1.54, 1.807) is 31.4 Å². The van der Waals surface area contributed by atoms with Crippen molar-refractivity contribution in [3.63, 3.8) is 0 Å². The first-order valence-electron chi connectivity index (χ1n) is 7.54. The van der Waals surface area contributed by atoms with Crippen molar-refractivity contribution in [2.75, 3.05) is 20.3 Å². The molecule has 0 aromatic heterocycles. The summed E-state index contributed by atoms with van der Waals surface area (Å²) in [5, 5.41) is 3.19. The van der Waals surface area contributed by atoms with Gasteiger partial charge in [0.05, 0.1) is 11.5 Å². The number of hydrogen-bond acceptors (Lipinski definition) is 4. The molecule has 0 bridgehead atoms. The monoisotopic (exact) mass is 382 g/mol. The number of ether oxygens (including phenoxy) is 1. The van der Waals surface area contributed by atoms with E-state index >= 15 is 0 Å². The smallest absolute Gasteiger partial charge is 0.251 e. The van der Waals surface area contributed by atoms with Crippen molar-refractivity contribution in [1.29, 1.82) is 0 Å². The first kappa shape index (κ1) is 19.4. The molecule has 0 saturated heterocycles. The van der Waals surface area contributed by atoms with Crippen molar-refractivity contribution in [3.05, 3.63) is 64.7 Å². The Kier molecular flexibility index (Phi) is 6.95. The van der Waals surface area contributed by atoms with E-state index in [2.05, 4.69) is 10.0 Å². The Balaban J connectivity index is 1.95. The summed E-state index contributed by atoms with van der Waals surface area (Å²) in [4.78, 5) is 12.0. The molecule has 0 atom stereocenters. The summed E-state index contributed by atoms with van der Waals surface area (Å²) in [6.07, 6.45) is 0. The number of hydrogen-bond donors (Lipinski definition) is 2. The number of sulfonamides is 1. The van der Waals surface area contributed by atoms with Gasteiger partial charge in [0.1, 0.15) is 0 Å². The Morgan fingerprint density at radius 1 is 1.08 bits per heavy atom. The van der Waals surface area contributed by atoms with Crippen LogP contribution in [-0.2, 0) is 21.3 Å². The minimum atomic E-state index is -3.62. The molecule has 6 nitrogen and oxygen atoms in total. The van der Waals surface area contributed by atoms with E-state index in [-0.39, 0.29) is 17.3 Å². The van der Waals surface area contributed by atoms with Gasteiger partial charge in [-0.25, -0.2) is 13.1 Å². The zero-order valence-electron chi connectivity index (χ0n) is 13.7. The molecule has 0 unspecified atom stereocenters. The van der Waals surface area contributed by atoms with Gasteiger partial charge in [0, 0.05) is 30.8 Å². The number of amides is 1. The summed E-state index contributed by atoms with van der Waals surface area (Å²) in [6, 6.07) is 12.6. The molecule has 0 spiro atoms. The van der Waals surface area contributed by atoms with Crippen LogP contribution in [0.1, 0.15) is 15.9 Å². The van der Waals surface area contributed by atoms with Gasteiger partial charge in [0.15, 0.2) is 0 Å². The van der Waals surface area contributed by atoms with Gasteiger partial charge >= 0.3 is 0 Å². The fourth-order valence-electron chi connectivity index (χ4n) is 2.02. The lowest BCUT2D eigenvalue weighted by atomic mass is 10.1. The van der Waals surface area contributed by atoms with Gasteiger partial charge in [-0.2, -0.15) is 0 Å². The van der Waals surface area contributed by atoms with Crippen LogP contribution in [0.25, 0.3) is 0 Å². The van der Waals surface area contributed by atoms with E-state index in [0.29, 0.717) is 23.7 Å². The topological polar surface area (TPSA) is 84.5 Å². The van der Waals surface area contributed by atoms with E-state index in [0.717, 1.165) is 5.56 Å². The van der Waals surface area contributed by atoms with Gasteiger partial charge < -0.3 is 10.1 Å². The van der Waals surface area contributed by atoms with Crippen LogP contribution in [0, 0.1) is 0 Å². The van der Waals surface area contributed by atoms with Crippen molar-refractivity contribution < 1.29 is 17.9 Å². The van der Waals surface area contributed by atoms with E-state index in [1.807, 2.05) is 0 Å². The molecule has 0 aliphatic carbocycles. The standard InChI is InChI=1S/C17H19ClN2O4S/c1-24-11-10-19-17(21)14-4-2-13(3-5-14)12-20-25(22,23)16-8-6-15(18)7-9-16/h2-9,20H,10-12H2,1H3,(H,19,21). The molecule has 2 aromatic rings. The number of rotatable bonds is 8. The Hall–Kier alpha value is -1.93. The molecule has 8 heteroatoms. The normalized spacial score (nSPS) is 11.3. The zero-order valence-corrected chi connectivity index (χ0v) is 15.2. The lowest BCUT2D eigenvalue weighted by molar-refractivity contribution is 0.0937. The molecule has 0 radical (unpaired) electrons. The number of nitrogens with one attached hydrogen (secondary N) is 2. The van der Waals surface area contributed by atoms with Crippen LogP contribution in [0.5, 0.6) is 0 Å². The molecule has 2 aromatic carbocycles. The first-order valence-corrected chi connectivity index (χ1v) is 9.40. The third kappa shape index (κ3) is 5.82. The molecular formula is C17H19ClN2O4S. The number of halogens is 1. The zero-order chi connectivity index (χ0) is 18.3. The van der Waals surface area contributed by atoms with Crippen molar-refractivity contribution >= 4 is 27.5 Å². The molecule has 0 fully saturated rings. The van der Waals surface area contributed by atoms with E-state index in [1.165, 1.54) is 24.3 Å². The van der Waals surface area contributed by atoms with Crippen LogP contribution in [0.2, 0.25) is 5.02 Å². The molecule has 0 aliphatic heterocycles. The molecule has 25 heavy (non-hydrogen) atoms. The Bertz CT molecular complexity index is 806. The molecule has 0 aliphatic rings. The van der Waals surface area contributed by atoms with Gasteiger partial charge in [-0.05, 0) is 42.0 Å². The summed E-state index contributed by atoms with van der Waals surface area (Å²) < 4.78 is 31.8. The van der Waals surface area contributed by atoms with Crippen LogP contribution < -0.4 is 10.0 Å². The highest BCUT2D eigenvalue weighted by molar-refractivity contribution is 7.89. The summed E-state index contributed by atoms with van der Waals surface area (Å²) in [5.74, 6) is -0.203. The van der Waals surface area contributed by atoms with Crippen LogP contribution in [-0.4, -0.2) is 34.6 Å². The fourth-order valence-corrected chi connectivity index (χ4v) is 3.16. The summed E-state index contributed by atoms with van der Waals surface area (Å²) >= 11 is 5.76. The van der Waals surface area contributed by atoms with E-state index in [9.17, 15) is 13.2 Å². The molecule has 134 valence electrons. The van der Waals surface area contributed by atoms with Gasteiger partial charge in [-0.3, -0.25) is 4.79 Å². The number of carbonyl (C=O) groups is 1. The SMILES string of the molecule is COCCNC(=O)c1ccc(CNS(=O)(=O)c2ccc(Cl)cc2)cc1. The maximum atomic E-state index is 12.2. The summed E-state index contributed by atoms with van der Waals surface area (Å²) in [7, 11) is -2.06. The van der Waals surface area contributed by atoms with Crippen LogP contribution >= 0.6 is 11.6 Å². The molecular weight excluding hydrogens is 364 g/mol. The number of carbonyl (C=O) groups excluding carboxylic acids is 1. The van der Waals surface area contributed by atoms with Crippen LogP contribution in [0.3, 0.4) is 0 Å². The lowest BCUT2D eigenvalue weighted by Crippen LogP contribution is -2.27. The largest absolute Gasteiger partial charge is 0.383 e. The second-order valence-electron chi connectivity index (χ2n) is 5.22. The minimum Gasteiger partial charge on any atom is -0.383 e. The van der Waals surface area contributed by atoms with Crippen molar-refractivity contribution in [2.24, 2.45) is 0 Å². The number of benzene rings is 2. The lowest BCUT2D eigenvalue weighted by Gasteiger charge is -2.08. The average molecular weight is 383 g/mol. The van der Waals surface area contributed by atoms with Crippen molar-refractivity contribution in [1.82, 2.24) is 10.0 Å². The molecule has 2 N–H and O–H groups in total. The van der Waals surface area contributed by atoms with Crippen LogP contribution in [0.4, 0.5) is 0 Å². The second kappa shape index (κ2) is 8.96. The maximum absolute atomic E-state index is 12.2. The van der Waals surface area contributed by atoms with Crippen LogP contribution in [0.15, 0.2) is 53.4 Å². The van der Waals surface area contributed by atoms with Crippen molar-refractivity contribution in [3.8, 4) is 0 Å². The van der Waals surface area contributed by atoms with E-state index in [4.69, 9.17) is 16.3 Å². The third-order valence-corrected chi connectivity index (χ3v) is 5.07. The van der Waals surface area contributed by atoms with Crippen molar-refractivity contribution in [2.45, 2.75) is 11.4 Å². The van der Waals surface area contributed by atoms with Gasteiger partial charge in [-0.15, -0.1) is 0 Å². The molecule has 2 rings (SSSR count). The Morgan fingerprint density at radius 3 is 2.32 bits per heavy atom. The van der Waals surface area contributed by atoms with E-state index < -0.39 is 10.0 Å². The summed E-state index contributed by atoms with van der Waals surface area (Å²) in [6.45, 7) is 0.991. The predicted molar refractivity (Wildman–Crippen MR) is 96.1 cm³/mol. The van der Waals surface area contributed by atoms with Gasteiger partial charge in [0.25, 0.3) is 5.91 Å². The second-order valence-corrected chi connectivity index (χ2v) is 7.43. The Morgan fingerprint density at radius 2 is 1.72 bits per heavy atom. The number of methoxy groups -OCH3 is 1. The quantitative estimate of drug-likeness (QED) is 0.685. The molecule has 0 saturated carbocycles. The summed E-state index contributed by atoms with van der Waals surface area (Å²) in [5.41, 5.74) is 1.24. The molecule has 0 heterocycles. The minimum absolute atomic E-state index is 0.122. The molecule has 1 amide bonds. The highest BCUT2D eigenvalue weighted by atomic mass is 35.5. The maximum Gasteiger partial charge on any atom is 0.251 e. The predicted octanol–water partition coefficient (Wildman–Crippen LogP) is 2.19. The van der Waals surface area contributed by atoms with Gasteiger partial charge in [0.2, 0.25) is 10.0 Å². The third-order valence-electron chi connectivity index (χ3n) is 3.40. The average Bonchev–Trinajstić information content (AvgIpc) is 2.61. The first-order chi connectivity index (χ1) is 11.9. The Labute approximate surface area is 152 Å². The highest BCUT2D eigenvalue weighted by Crippen LogP contribution is 2.14. The highest BCUT2D eigenvalue weighted by Gasteiger charge is 2.13.